The van der Waals surface area contributed by atoms with Gasteiger partial charge in [-0.05, 0) is 51.5 Å². The van der Waals surface area contributed by atoms with Crippen molar-refractivity contribution in [1.82, 2.24) is 15.5 Å². The van der Waals surface area contributed by atoms with Gasteiger partial charge in [0, 0.05) is 19.6 Å². The molecular weight excluding hydrogens is 278 g/mol. The van der Waals surface area contributed by atoms with Gasteiger partial charge in [0.15, 0.2) is 0 Å². The topological polar surface area (TPSA) is 61.4 Å². The van der Waals surface area contributed by atoms with Gasteiger partial charge in [-0.2, -0.15) is 0 Å². The van der Waals surface area contributed by atoms with E-state index >= 15 is 0 Å². The van der Waals surface area contributed by atoms with Crippen molar-refractivity contribution >= 4 is 11.8 Å². The number of carbonyl (C=O) groups is 2. The molecule has 0 unspecified atom stereocenters. The zero-order valence-electron chi connectivity index (χ0n) is 13.7. The van der Waals surface area contributed by atoms with Crippen molar-refractivity contribution in [3.05, 3.63) is 0 Å². The number of likely N-dealkylation sites (tertiary alicyclic amines) is 1. The molecule has 22 heavy (non-hydrogen) atoms. The van der Waals surface area contributed by atoms with E-state index in [9.17, 15) is 9.59 Å². The maximum Gasteiger partial charge on any atom is 0.244 e. The van der Waals surface area contributed by atoms with Crippen LogP contribution in [0.3, 0.4) is 0 Å². The molecule has 0 bridgehead atoms. The van der Waals surface area contributed by atoms with Crippen LogP contribution in [0.4, 0.5) is 0 Å². The molecule has 3 aliphatic rings. The highest BCUT2D eigenvalue weighted by Gasteiger charge is 2.50. The molecule has 0 aromatic rings. The average Bonchev–Trinajstić information content (AvgIpc) is 3.00. The van der Waals surface area contributed by atoms with Crippen molar-refractivity contribution < 1.29 is 9.59 Å². The molecule has 2 aliphatic heterocycles. The molecule has 5 heteroatoms. The summed E-state index contributed by atoms with van der Waals surface area (Å²) in [5.74, 6) is 0.626. The van der Waals surface area contributed by atoms with Gasteiger partial charge in [-0.15, -0.1) is 0 Å². The van der Waals surface area contributed by atoms with Gasteiger partial charge in [0.05, 0.1) is 5.41 Å². The molecule has 3 rings (SSSR count). The summed E-state index contributed by atoms with van der Waals surface area (Å²) in [6, 6.07) is -0.400. The summed E-state index contributed by atoms with van der Waals surface area (Å²) in [6.45, 7) is 5.24. The van der Waals surface area contributed by atoms with Crippen LogP contribution < -0.4 is 10.6 Å². The van der Waals surface area contributed by atoms with Crippen molar-refractivity contribution in [2.75, 3.05) is 26.2 Å². The van der Waals surface area contributed by atoms with Crippen LogP contribution in [-0.2, 0) is 9.59 Å². The molecule has 1 saturated carbocycles. The second-order valence-electron chi connectivity index (χ2n) is 7.31. The van der Waals surface area contributed by atoms with Crippen molar-refractivity contribution in [2.45, 2.75) is 57.9 Å². The van der Waals surface area contributed by atoms with E-state index in [2.05, 4.69) is 10.6 Å². The van der Waals surface area contributed by atoms with Gasteiger partial charge in [-0.1, -0.05) is 12.8 Å². The largest absolute Gasteiger partial charge is 0.344 e. The Morgan fingerprint density at radius 1 is 1.18 bits per heavy atom. The van der Waals surface area contributed by atoms with Crippen molar-refractivity contribution in [1.29, 1.82) is 0 Å². The minimum Gasteiger partial charge on any atom is -0.344 e. The number of rotatable bonds is 3. The Labute approximate surface area is 133 Å². The molecular formula is C17H29N3O2. The molecule has 2 amide bonds. The molecule has 3 fully saturated rings. The van der Waals surface area contributed by atoms with Crippen molar-refractivity contribution in [3.63, 3.8) is 0 Å². The van der Waals surface area contributed by atoms with E-state index in [1.54, 1.807) is 0 Å². The molecule has 124 valence electrons. The first kappa shape index (κ1) is 15.8. The van der Waals surface area contributed by atoms with E-state index in [1.807, 2.05) is 11.8 Å². The summed E-state index contributed by atoms with van der Waals surface area (Å²) < 4.78 is 0. The van der Waals surface area contributed by atoms with Crippen LogP contribution in [0.5, 0.6) is 0 Å². The highest BCUT2D eigenvalue weighted by molar-refractivity contribution is 5.90. The second kappa shape index (κ2) is 6.57. The predicted octanol–water partition coefficient (Wildman–Crippen LogP) is 1.28. The molecule has 3 atom stereocenters. The normalized spacial score (nSPS) is 33.1. The first-order valence-corrected chi connectivity index (χ1v) is 8.94. The third-order valence-corrected chi connectivity index (χ3v) is 5.88. The molecule has 0 aromatic heterocycles. The molecule has 2 heterocycles. The first-order chi connectivity index (χ1) is 10.6. The fraction of sp³-hybridized carbons (Fsp3) is 0.882. The lowest BCUT2D eigenvalue weighted by molar-refractivity contribution is -0.141. The Hall–Kier alpha value is -1.10. The smallest absolute Gasteiger partial charge is 0.244 e. The predicted molar refractivity (Wildman–Crippen MR) is 85.3 cm³/mol. The Morgan fingerprint density at radius 2 is 1.95 bits per heavy atom. The van der Waals surface area contributed by atoms with Gasteiger partial charge in [0.25, 0.3) is 0 Å². The maximum absolute atomic E-state index is 12.9. The number of hydrogen-bond donors (Lipinski definition) is 2. The van der Waals surface area contributed by atoms with Gasteiger partial charge in [-0.25, -0.2) is 0 Å². The Kier molecular flexibility index (Phi) is 4.71. The number of amides is 2. The fourth-order valence-electron chi connectivity index (χ4n) is 4.48. The molecule has 0 radical (unpaired) electrons. The van der Waals surface area contributed by atoms with Gasteiger partial charge < -0.3 is 15.5 Å². The van der Waals surface area contributed by atoms with Crippen molar-refractivity contribution in [3.8, 4) is 0 Å². The summed E-state index contributed by atoms with van der Waals surface area (Å²) in [5, 5.41) is 6.43. The zero-order chi connectivity index (χ0) is 15.6. The standard InChI is InChI=1S/C17H29N3O2/c1-13(15(21)20-9-5-2-6-10-20)19-16(22)17-8-4-3-7-14(17)11-18-12-17/h13-14,18H,2-12H2,1H3,(H,19,22)/t13-,14-,17+/m0/s1. The van der Waals surface area contributed by atoms with Gasteiger partial charge in [0.1, 0.15) is 6.04 Å². The first-order valence-electron chi connectivity index (χ1n) is 8.94. The lowest BCUT2D eigenvalue weighted by Gasteiger charge is -2.38. The quantitative estimate of drug-likeness (QED) is 0.826. The molecule has 2 N–H and O–H groups in total. The second-order valence-corrected chi connectivity index (χ2v) is 7.31. The van der Waals surface area contributed by atoms with Crippen LogP contribution in [0.15, 0.2) is 0 Å². The molecule has 2 saturated heterocycles. The van der Waals surface area contributed by atoms with Crippen LogP contribution in [0, 0.1) is 11.3 Å². The number of carbonyl (C=O) groups excluding carboxylic acids is 2. The van der Waals surface area contributed by atoms with E-state index < -0.39 is 6.04 Å². The van der Waals surface area contributed by atoms with Gasteiger partial charge >= 0.3 is 0 Å². The van der Waals surface area contributed by atoms with Crippen LogP contribution >= 0.6 is 0 Å². The maximum atomic E-state index is 12.9. The summed E-state index contributed by atoms with van der Waals surface area (Å²) >= 11 is 0. The number of fused-ring (bicyclic) bond motifs is 1. The third-order valence-electron chi connectivity index (χ3n) is 5.88. The average molecular weight is 307 g/mol. The molecule has 5 nitrogen and oxygen atoms in total. The monoisotopic (exact) mass is 307 g/mol. The minimum absolute atomic E-state index is 0.0859. The van der Waals surface area contributed by atoms with E-state index in [0.717, 1.165) is 58.3 Å². The lowest BCUT2D eigenvalue weighted by atomic mass is 9.67. The highest BCUT2D eigenvalue weighted by atomic mass is 16.2. The Morgan fingerprint density at radius 3 is 2.73 bits per heavy atom. The molecule has 0 aromatic carbocycles. The van der Waals surface area contributed by atoms with Gasteiger partial charge in [-0.3, -0.25) is 9.59 Å². The Balaban J connectivity index is 1.61. The fourth-order valence-corrected chi connectivity index (χ4v) is 4.48. The number of nitrogens with one attached hydrogen (secondary N) is 2. The van der Waals surface area contributed by atoms with Gasteiger partial charge in [0.2, 0.25) is 11.8 Å². The Bertz CT molecular complexity index is 434. The van der Waals surface area contributed by atoms with E-state index in [4.69, 9.17) is 0 Å². The molecule has 0 spiro atoms. The van der Waals surface area contributed by atoms with Crippen LogP contribution in [0.25, 0.3) is 0 Å². The van der Waals surface area contributed by atoms with E-state index in [1.165, 1.54) is 12.8 Å². The summed E-state index contributed by atoms with van der Waals surface area (Å²) in [6.07, 6.45) is 7.82. The van der Waals surface area contributed by atoms with Crippen LogP contribution in [-0.4, -0.2) is 48.9 Å². The molecule has 1 aliphatic carbocycles. The summed E-state index contributed by atoms with van der Waals surface area (Å²) in [5.41, 5.74) is -0.269. The van der Waals surface area contributed by atoms with Crippen LogP contribution in [0.2, 0.25) is 0 Å². The zero-order valence-corrected chi connectivity index (χ0v) is 13.7. The highest BCUT2D eigenvalue weighted by Crippen LogP contribution is 2.43. The number of hydrogen-bond acceptors (Lipinski definition) is 3. The number of piperidine rings is 1. The SMILES string of the molecule is C[C@H](NC(=O)[C@@]12CCCC[C@H]1CNC2)C(=O)N1CCCCC1. The van der Waals surface area contributed by atoms with Crippen molar-refractivity contribution in [2.24, 2.45) is 11.3 Å². The van der Waals surface area contributed by atoms with E-state index in [-0.39, 0.29) is 17.2 Å². The summed E-state index contributed by atoms with van der Waals surface area (Å²) in [4.78, 5) is 27.3. The van der Waals surface area contributed by atoms with E-state index in [0.29, 0.717) is 5.92 Å². The minimum atomic E-state index is -0.400. The van der Waals surface area contributed by atoms with Crippen LogP contribution in [0.1, 0.15) is 51.9 Å². The lowest BCUT2D eigenvalue weighted by Crippen LogP contribution is -2.54. The third kappa shape index (κ3) is 2.87. The summed E-state index contributed by atoms with van der Waals surface area (Å²) in [7, 11) is 0. The number of nitrogens with zero attached hydrogens (tertiary/aromatic N) is 1.